The van der Waals surface area contributed by atoms with E-state index in [4.69, 9.17) is 31.7 Å². The van der Waals surface area contributed by atoms with Crippen LogP contribution in [0.25, 0.3) is 10.4 Å². The number of aryl methyl sites for hydroxylation is 1. The molecule has 3 aromatic carbocycles. The van der Waals surface area contributed by atoms with Gasteiger partial charge in [-0.15, -0.1) is 11.3 Å². The molecule has 4 aromatic rings. The van der Waals surface area contributed by atoms with Crippen LogP contribution in [0.4, 0.5) is 15.8 Å². The number of nitrogens with one attached hydrogen (secondary N) is 2. The summed E-state index contributed by atoms with van der Waals surface area (Å²) in [5, 5.41) is 25.6. The zero-order chi connectivity index (χ0) is 49.2. The number of aromatic nitrogens is 1. The number of benzene rings is 3. The van der Waals surface area contributed by atoms with Gasteiger partial charge in [0.1, 0.15) is 41.9 Å². The van der Waals surface area contributed by atoms with Gasteiger partial charge < -0.3 is 39.8 Å². The van der Waals surface area contributed by atoms with Crippen LogP contribution in [-0.4, -0.2) is 107 Å². The summed E-state index contributed by atoms with van der Waals surface area (Å²) < 4.78 is 31.7. The zero-order valence-electron chi connectivity index (χ0n) is 39.4. The molecule has 6 rings (SSSR count). The topological polar surface area (TPSA) is 187 Å². The number of amides is 4. The Bertz CT molecular complexity index is 2470. The van der Waals surface area contributed by atoms with Crippen LogP contribution in [0.3, 0.4) is 0 Å². The highest BCUT2D eigenvalue weighted by Crippen LogP contribution is 2.37. The van der Waals surface area contributed by atoms with Gasteiger partial charge in [0, 0.05) is 45.0 Å². The number of carbonyl (C=O) groups is 4. The number of carbonyl (C=O) groups excluding carboxylic acids is 4. The molecule has 0 radical (unpaired) electrons. The Balaban J connectivity index is 0.841. The van der Waals surface area contributed by atoms with Crippen molar-refractivity contribution in [1.82, 2.24) is 20.5 Å². The number of anilines is 2. The number of aliphatic hydroxyl groups is 1. The predicted molar refractivity (Wildman–Crippen MR) is 261 cm³/mol. The van der Waals surface area contributed by atoms with Gasteiger partial charge in [0.25, 0.3) is 5.91 Å². The molecule has 68 heavy (non-hydrogen) atoms. The summed E-state index contributed by atoms with van der Waals surface area (Å²) in [5.74, 6) is -1.65. The van der Waals surface area contributed by atoms with Crippen LogP contribution in [0.2, 0.25) is 0 Å². The fourth-order valence-corrected chi connectivity index (χ4v) is 9.40. The van der Waals surface area contributed by atoms with Gasteiger partial charge >= 0.3 is 0 Å². The number of thiocarbonyl (C=S) groups is 1. The number of nitrogens with zero attached hydrogens (tertiary/aromatic N) is 5. The third-order valence-corrected chi connectivity index (χ3v) is 13.2. The second-order valence-electron chi connectivity index (χ2n) is 18.5. The Kier molecular flexibility index (Phi) is 17.4. The van der Waals surface area contributed by atoms with Gasteiger partial charge in [-0.3, -0.25) is 24.1 Å². The lowest BCUT2D eigenvalue weighted by molar-refractivity contribution is -0.144. The molecule has 15 nitrogen and oxygen atoms in total. The predicted octanol–water partition coefficient (Wildman–Crippen LogP) is 6.83. The summed E-state index contributed by atoms with van der Waals surface area (Å²) in [7, 11) is 0. The van der Waals surface area contributed by atoms with Crippen molar-refractivity contribution in [2.24, 2.45) is 5.41 Å². The number of rotatable bonds is 21. The van der Waals surface area contributed by atoms with Crippen LogP contribution < -0.4 is 25.2 Å². The number of aliphatic hydroxyl groups excluding tert-OH is 1. The minimum atomic E-state index is -1.04. The average Bonchev–Trinajstić information content (AvgIpc) is 3.97. The summed E-state index contributed by atoms with van der Waals surface area (Å²) in [6, 6.07) is 19.0. The molecule has 2 fully saturated rings. The van der Waals surface area contributed by atoms with E-state index in [-0.39, 0.29) is 60.9 Å². The van der Waals surface area contributed by atoms with E-state index in [1.165, 1.54) is 21.9 Å². The summed E-state index contributed by atoms with van der Waals surface area (Å²) >= 11 is 7.26. The van der Waals surface area contributed by atoms with Crippen LogP contribution in [0.15, 0.2) is 72.2 Å². The Labute approximate surface area is 406 Å². The molecule has 362 valence electrons. The van der Waals surface area contributed by atoms with Gasteiger partial charge in [-0.25, -0.2) is 9.37 Å². The molecule has 1 aromatic heterocycles. The summed E-state index contributed by atoms with van der Waals surface area (Å²) in [4.78, 5) is 63.6. The summed E-state index contributed by atoms with van der Waals surface area (Å²) in [6.07, 6.45) is 2.33. The smallest absolute Gasteiger partial charge is 0.259 e. The van der Waals surface area contributed by atoms with Crippen molar-refractivity contribution in [3.05, 3.63) is 94.9 Å². The molecular weight excluding hydrogens is 910 g/mol. The third kappa shape index (κ3) is 12.6. The van der Waals surface area contributed by atoms with Crippen LogP contribution in [-0.2, 0) is 35.2 Å². The number of hydrogen-bond acceptors (Lipinski definition) is 12. The number of likely N-dealkylation sites (tertiary alicyclic amines) is 1. The minimum Gasteiger partial charge on any atom is -0.494 e. The molecule has 0 saturated carbocycles. The van der Waals surface area contributed by atoms with E-state index in [9.17, 15) is 28.7 Å². The van der Waals surface area contributed by atoms with Gasteiger partial charge in [0.2, 0.25) is 17.7 Å². The first kappa shape index (κ1) is 51.5. The van der Waals surface area contributed by atoms with Gasteiger partial charge in [0.05, 0.1) is 40.0 Å². The minimum absolute atomic E-state index is 0.0165. The number of halogens is 1. The maximum atomic E-state index is 14.4. The van der Waals surface area contributed by atoms with E-state index in [1.807, 2.05) is 81.7 Å². The van der Waals surface area contributed by atoms with Gasteiger partial charge in [0.15, 0.2) is 5.11 Å². The molecule has 0 spiro atoms. The molecule has 2 aliphatic heterocycles. The van der Waals surface area contributed by atoms with Crippen molar-refractivity contribution in [2.45, 2.75) is 104 Å². The molecule has 4 amide bonds. The van der Waals surface area contributed by atoms with Crippen LogP contribution >= 0.6 is 23.6 Å². The number of β-amino-alcohol motifs (C(OH)–C–C–N with tert-alkyl or cyclic N) is 1. The van der Waals surface area contributed by atoms with Gasteiger partial charge in [-0.1, -0.05) is 45.0 Å². The van der Waals surface area contributed by atoms with Crippen molar-refractivity contribution in [2.75, 3.05) is 49.4 Å². The highest BCUT2D eigenvalue weighted by Gasteiger charge is 2.50. The Morgan fingerprint density at radius 3 is 2.32 bits per heavy atom. The van der Waals surface area contributed by atoms with Crippen molar-refractivity contribution in [3.8, 4) is 22.3 Å². The van der Waals surface area contributed by atoms with E-state index < -0.39 is 46.8 Å². The second-order valence-corrected chi connectivity index (χ2v) is 19.7. The number of hydrogen-bond donors (Lipinski definition) is 3. The fourth-order valence-electron chi connectivity index (χ4n) is 8.07. The molecule has 0 bridgehead atoms. The van der Waals surface area contributed by atoms with E-state index in [1.54, 1.807) is 36.2 Å². The largest absolute Gasteiger partial charge is 0.494 e. The number of ether oxygens (including phenoxy) is 3. The lowest BCUT2D eigenvalue weighted by Gasteiger charge is -2.35. The molecule has 3 N–H and O–H groups in total. The van der Waals surface area contributed by atoms with Gasteiger partial charge in [-0.05, 0) is 118 Å². The molecular formula is C50H60FN7O8S2. The monoisotopic (exact) mass is 969 g/mol. The number of nitriles is 1. The zero-order valence-corrected chi connectivity index (χ0v) is 41.0. The third-order valence-electron chi connectivity index (χ3n) is 11.8. The number of unbranched alkanes of at least 4 members (excludes halogenated alkanes) is 2. The second kappa shape index (κ2) is 23.0. The van der Waals surface area contributed by atoms with E-state index in [2.05, 4.69) is 15.6 Å². The van der Waals surface area contributed by atoms with Crippen molar-refractivity contribution in [1.29, 1.82) is 5.26 Å². The molecule has 3 heterocycles. The van der Waals surface area contributed by atoms with Crippen LogP contribution in [0.1, 0.15) is 83.5 Å². The van der Waals surface area contributed by atoms with Crippen molar-refractivity contribution >= 4 is 63.7 Å². The molecule has 1 unspecified atom stereocenters. The molecule has 3 atom stereocenters. The highest BCUT2D eigenvalue weighted by molar-refractivity contribution is 7.81. The van der Waals surface area contributed by atoms with Crippen LogP contribution in [0, 0.1) is 29.5 Å². The average molecular weight is 970 g/mol. The van der Waals surface area contributed by atoms with Crippen LogP contribution in [0.5, 0.6) is 5.75 Å². The maximum Gasteiger partial charge on any atom is 0.259 e. The Hall–Kier alpha value is -5.84. The highest BCUT2D eigenvalue weighted by atomic mass is 32.1. The lowest BCUT2D eigenvalue weighted by atomic mass is 9.85. The van der Waals surface area contributed by atoms with E-state index >= 15 is 0 Å². The normalized spacial score (nSPS) is 17.3. The van der Waals surface area contributed by atoms with Crippen molar-refractivity contribution in [3.63, 3.8) is 0 Å². The quantitative estimate of drug-likeness (QED) is 0.0585. The Morgan fingerprint density at radius 1 is 0.985 bits per heavy atom. The lowest BCUT2D eigenvalue weighted by Crippen LogP contribution is -2.58. The van der Waals surface area contributed by atoms with E-state index in [0.29, 0.717) is 37.7 Å². The number of thiazole rings is 1. The summed E-state index contributed by atoms with van der Waals surface area (Å²) in [6.45, 7) is 12.7. The Morgan fingerprint density at radius 2 is 1.66 bits per heavy atom. The first-order valence-electron chi connectivity index (χ1n) is 22.7. The molecule has 0 aliphatic carbocycles. The maximum absolute atomic E-state index is 14.4. The first-order valence-corrected chi connectivity index (χ1v) is 24.0. The SMILES string of the molecule is Cc1ncsc1-c1ccc(CNC(=O)[C@@H]2C[C@@H](O)CN2C(=O)C(NC(=O)COCCCOCCCCCOc2ccc(N3C(=S)N(c4ccc(C#N)c(F)c4)C(=O)C3(C)C)cc2)C(C)(C)C)cc1. The van der Waals surface area contributed by atoms with Crippen molar-refractivity contribution < 1.29 is 42.9 Å². The fraction of sp³-hybridized carbons (Fsp3) is 0.460. The first-order chi connectivity index (χ1) is 32.4. The standard InChI is InChI=1S/C50H60FN7O8S2/c1-32-43(68-31-54-32)34-13-11-33(12-14-34)28-53-45(61)41-26-38(59)29-56(41)46(62)44(49(2,3)4)55-42(60)30-65-23-10-22-64-21-8-7-9-24-66-39-19-17-36(18-20-39)58-48(67)57(47(63)50(58,5)6)37-16-15-35(27-52)40(51)25-37/h11-20,25,31,38,41,44,59H,7-10,21-24,26,28-30H2,1-6H3,(H,53,61)(H,55,60)/t38-,41+,44?/m1/s1. The molecule has 18 heteroatoms. The molecule has 2 saturated heterocycles. The molecule has 2 aliphatic rings. The summed E-state index contributed by atoms with van der Waals surface area (Å²) in [5.41, 5.74) is 3.79. The van der Waals surface area contributed by atoms with Gasteiger partial charge in [-0.2, -0.15) is 5.26 Å². The van der Waals surface area contributed by atoms with E-state index in [0.717, 1.165) is 47.0 Å².